The number of ether oxygens (including phenoxy) is 1. The van der Waals surface area contributed by atoms with Crippen molar-refractivity contribution in [1.82, 2.24) is 5.32 Å². The molecule has 1 N–H and O–H groups in total. The predicted molar refractivity (Wildman–Crippen MR) is 42.7 cm³/mol. The van der Waals surface area contributed by atoms with E-state index in [1.54, 1.807) is 0 Å². The number of rotatable bonds is 1. The fourth-order valence-corrected chi connectivity index (χ4v) is 1.17. The average molecular weight is 184 g/mol. The molecule has 0 bridgehead atoms. The Kier molecular flexibility index (Phi) is 2.81. The van der Waals surface area contributed by atoms with Crippen molar-refractivity contribution >= 4 is 23.2 Å². The van der Waals surface area contributed by atoms with E-state index in [0.717, 1.165) is 6.54 Å². The summed E-state index contributed by atoms with van der Waals surface area (Å²) in [7, 11) is 0. The van der Waals surface area contributed by atoms with Crippen LogP contribution < -0.4 is 5.32 Å². The Morgan fingerprint density at radius 1 is 1.70 bits per heavy atom. The van der Waals surface area contributed by atoms with Gasteiger partial charge in [-0.05, 0) is 6.92 Å². The van der Waals surface area contributed by atoms with Gasteiger partial charge in [-0.25, -0.2) is 0 Å². The molecular weight excluding hydrogens is 173 g/mol. The third-order valence-corrected chi connectivity index (χ3v) is 2.62. The second-order valence-electron chi connectivity index (χ2n) is 2.43. The van der Waals surface area contributed by atoms with Gasteiger partial charge in [0.05, 0.1) is 12.0 Å². The highest BCUT2D eigenvalue weighted by Gasteiger charge is 2.35. The molecule has 1 aliphatic rings. The van der Waals surface area contributed by atoms with Crippen LogP contribution in [0.5, 0.6) is 0 Å². The van der Waals surface area contributed by atoms with E-state index >= 15 is 0 Å². The van der Waals surface area contributed by atoms with Crippen LogP contribution in [0.25, 0.3) is 0 Å². The second-order valence-corrected chi connectivity index (χ2v) is 3.72. The smallest absolute Gasteiger partial charge is 0.170 e. The first-order valence-corrected chi connectivity index (χ1v) is 4.14. The summed E-state index contributed by atoms with van der Waals surface area (Å²) in [5, 5.41) is 2.26. The molecule has 2 unspecified atom stereocenters. The Morgan fingerprint density at radius 3 is 2.70 bits per heavy atom. The SMILES string of the molecule is CC(Cl)C1(Cl)CNCCO1. The summed E-state index contributed by atoms with van der Waals surface area (Å²) in [5.74, 6) is 0. The third kappa shape index (κ3) is 1.76. The van der Waals surface area contributed by atoms with Crippen LogP contribution in [0.2, 0.25) is 0 Å². The van der Waals surface area contributed by atoms with Gasteiger partial charge in [0.25, 0.3) is 0 Å². The number of hydrogen-bond acceptors (Lipinski definition) is 2. The van der Waals surface area contributed by atoms with Gasteiger partial charge in [0, 0.05) is 13.1 Å². The van der Waals surface area contributed by atoms with Gasteiger partial charge in [-0.2, -0.15) is 0 Å². The molecule has 1 rings (SSSR count). The maximum absolute atomic E-state index is 5.99. The monoisotopic (exact) mass is 183 g/mol. The molecule has 2 nitrogen and oxygen atoms in total. The largest absolute Gasteiger partial charge is 0.356 e. The van der Waals surface area contributed by atoms with Gasteiger partial charge in [-0.15, -0.1) is 11.6 Å². The number of nitrogens with one attached hydrogen (secondary N) is 1. The van der Waals surface area contributed by atoms with Crippen LogP contribution in [0.3, 0.4) is 0 Å². The molecule has 10 heavy (non-hydrogen) atoms. The zero-order chi connectivity index (χ0) is 7.61. The lowest BCUT2D eigenvalue weighted by Crippen LogP contribution is -2.50. The molecule has 4 heteroatoms. The summed E-state index contributed by atoms with van der Waals surface area (Å²) in [6.07, 6.45) is 0. The maximum Gasteiger partial charge on any atom is 0.170 e. The van der Waals surface area contributed by atoms with Crippen molar-refractivity contribution in [2.45, 2.75) is 17.4 Å². The first-order chi connectivity index (χ1) is 4.65. The zero-order valence-electron chi connectivity index (χ0n) is 5.86. The molecule has 1 saturated heterocycles. The van der Waals surface area contributed by atoms with E-state index in [9.17, 15) is 0 Å². The van der Waals surface area contributed by atoms with Crippen LogP contribution in [0.1, 0.15) is 6.92 Å². The maximum atomic E-state index is 5.99. The van der Waals surface area contributed by atoms with Crippen molar-refractivity contribution in [3.63, 3.8) is 0 Å². The Labute approximate surface area is 70.8 Å². The Bertz CT molecular complexity index is 112. The van der Waals surface area contributed by atoms with Crippen molar-refractivity contribution in [1.29, 1.82) is 0 Å². The van der Waals surface area contributed by atoms with Gasteiger partial charge >= 0.3 is 0 Å². The van der Waals surface area contributed by atoms with Crippen molar-refractivity contribution in [2.24, 2.45) is 0 Å². The molecule has 0 saturated carbocycles. The highest BCUT2D eigenvalue weighted by atomic mass is 35.5. The molecule has 0 aliphatic carbocycles. The van der Waals surface area contributed by atoms with Crippen LogP contribution in [0.15, 0.2) is 0 Å². The quantitative estimate of drug-likeness (QED) is 0.617. The van der Waals surface area contributed by atoms with Gasteiger partial charge in [0.2, 0.25) is 0 Å². The normalized spacial score (nSPS) is 37.5. The first kappa shape index (κ1) is 8.60. The fourth-order valence-electron chi connectivity index (χ4n) is 0.858. The molecule has 0 aromatic rings. The first-order valence-electron chi connectivity index (χ1n) is 3.33. The standard InChI is InChI=1S/C6H11Cl2NO/c1-5(7)6(8)4-9-2-3-10-6/h5,9H,2-4H2,1H3. The molecule has 0 aromatic carbocycles. The van der Waals surface area contributed by atoms with Crippen LogP contribution in [0.4, 0.5) is 0 Å². The highest BCUT2D eigenvalue weighted by molar-refractivity contribution is 6.31. The molecule has 60 valence electrons. The van der Waals surface area contributed by atoms with Crippen LogP contribution >= 0.6 is 23.2 Å². The summed E-state index contributed by atoms with van der Waals surface area (Å²) < 4.78 is 5.30. The van der Waals surface area contributed by atoms with E-state index < -0.39 is 5.06 Å². The number of morpholine rings is 1. The van der Waals surface area contributed by atoms with Gasteiger partial charge in [-0.1, -0.05) is 11.6 Å². The minimum atomic E-state index is -0.695. The summed E-state index contributed by atoms with van der Waals surface area (Å²) in [6, 6.07) is 0. The minimum absolute atomic E-state index is 0.165. The number of halogens is 2. The molecule has 0 spiro atoms. The van der Waals surface area contributed by atoms with Gasteiger partial charge in [0.1, 0.15) is 0 Å². The van der Waals surface area contributed by atoms with Gasteiger partial charge in [0.15, 0.2) is 5.06 Å². The molecule has 2 atom stereocenters. The average Bonchev–Trinajstić information content (AvgIpc) is 1.89. The van der Waals surface area contributed by atoms with Gasteiger partial charge < -0.3 is 10.1 Å². The molecule has 1 fully saturated rings. The van der Waals surface area contributed by atoms with Crippen LogP contribution in [0, 0.1) is 0 Å². The lowest BCUT2D eigenvalue weighted by molar-refractivity contribution is -0.00377. The molecular formula is C6H11Cl2NO. The third-order valence-electron chi connectivity index (χ3n) is 1.58. The predicted octanol–water partition coefficient (Wildman–Crippen LogP) is 1.17. The molecule has 0 amide bonds. The fraction of sp³-hybridized carbons (Fsp3) is 1.00. The molecule has 1 heterocycles. The second kappa shape index (κ2) is 3.26. The van der Waals surface area contributed by atoms with E-state index in [1.807, 2.05) is 6.92 Å². The lowest BCUT2D eigenvalue weighted by Gasteiger charge is -2.33. The minimum Gasteiger partial charge on any atom is -0.356 e. The van der Waals surface area contributed by atoms with Gasteiger partial charge in [-0.3, -0.25) is 0 Å². The summed E-state index contributed by atoms with van der Waals surface area (Å²) >= 11 is 11.8. The van der Waals surface area contributed by atoms with Crippen molar-refractivity contribution in [2.75, 3.05) is 19.7 Å². The summed E-state index contributed by atoms with van der Waals surface area (Å²) in [6.45, 7) is 3.96. The Hall–Kier alpha value is 0.500. The summed E-state index contributed by atoms with van der Waals surface area (Å²) in [5.41, 5.74) is 0. The van der Waals surface area contributed by atoms with Crippen LogP contribution in [-0.2, 0) is 4.74 Å². The van der Waals surface area contributed by atoms with E-state index in [0.29, 0.717) is 13.2 Å². The summed E-state index contributed by atoms with van der Waals surface area (Å²) in [4.78, 5) is 0. The molecule has 1 aliphatic heterocycles. The lowest BCUT2D eigenvalue weighted by atomic mass is 10.2. The Balaban J connectivity index is 2.48. The van der Waals surface area contributed by atoms with E-state index in [-0.39, 0.29) is 5.38 Å². The van der Waals surface area contributed by atoms with E-state index in [1.165, 1.54) is 0 Å². The zero-order valence-corrected chi connectivity index (χ0v) is 7.37. The van der Waals surface area contributed by atoms with Crippen molar-refractivity contribution in [3.8, 4) is 0 Å². The Morgan fingerprint density at radius 2 is 2.40 bits per heavy atom. The van der Waals surface area contributed by atoms with Crippen molar-refractivity contribution in [3.05, 3.63) is 0 Å². The van der Waals surface area contributed by atoms with Crippen molar-refractivity contribution < 1.29 is 4.74 Å². The number of alkyl halides is 2. The topological polar surface area (TPSA) is 21.3 Å². The van der Waals surface area contributed by atoms with E-state index in [4.69, 9.17) is 27.9 Å². The van der Waals surface area contributed by atoms with E-state index in [2.05, 4.69) is 5.32 Å². The van der Waals surface area contributed by atoms with Crippen LogP contribution in [-0.4, -0.2) is 30.1 Å². The highest BCUT2D eigenvalue weighted by Crippen LogP contribution is 2.26. The molecule has 0 aromatic heterocycles. The molecule has 0 radical (unpaired) electrons. The number of hydrogen-bond donors (Lipinski definition) is 1.